The molecule has 1 rings (SSSR count). The van der Waals surface area contributed by atoms with Crippen molar-refractivity contribution in [2.24, 2.45) is 0 Å². The molecule has 0 aromatic carbocycles. The predicted molar refractivity (Wildman–Crippen MR) is 307 cm³/mol. The van der Waals surface area contributed by atoms with Gasteiger partial charge in [-0.2, -0.15) is 0 Å². The molecule has 74 heavy (non-hydrogen) atoms. The van der Waals surface area contributed by atoms with E-state index in [2.05, 4.69) is 55.6 Å². The van der Waals surface area contributed by atoms with E-state index in [-0.39, 0.29) is 12.8 Å². The molecule has 0 spiro atoms. The van der Waals surface area contributed by atoms with Gasteiger partial charge in [-0.15, -0.1) is 0 Å². The average molecular weight is 1050 g/mol. The van der Waals surface area contributed by atoms with Crippen molar-refractivity contribution < 1.29 is 50.0 Å². The monoisotopic (exact) mass is 1050 g/mol. The summed E-state index contributed by atoms with van der Waals surface area (Å²) in [6.07, 6.45) is 53.6. The molecule has 9 unspecified atom stereocenters. The summed E-state index contributed by atoms with van der Waals surface area (Å²) in [7, 11) is 0. The first-order valence-corrected chi connectivity index (χ1v) is 31.4. The molecule has 0 aliphatic carbocycles. The molecule has 0 aromatic rings. The Bertz CT molecular complexity index is 1300. The number of hydrogen-bond donors (Lipinski definition) is 8. The maximum Gasteiger partial charge on any atom is 0.249 e. The fraction of sp³-hybridized carbons (Fsp3) is 0.889. The number of hydrogen-bond acceptors (Lipinski definition) is 10. The quantitative estimate of drug-likeness (QED) is 0.0215. The molecule has 11 heteroatoms. The van der Waals surface area contributed by atoms with Gasteiger partial charge in [-0.25, -0.2) is 0 Å². The molecule has 0 saturated carbocycles. The van der Waals surface area contributed by atoms with Crippen LogP contribution in [0.4, 0.5) is 0 Å². The maximum atomic E-state index is 13.2. The van der Waals surface area contributed by atoms with Crippen molar-refractivity contribution in [3.63, 3.8) is 0 Å². The molecule has 0 aromatic heterocycles. The number of aliphatic hydroxyl groups is 7. The van der Waals surface area contributed by atoms with Gasteiger partial charge in [0.05, 0.1) is 25.4 Å². The lowest BCUT2D eigenvalue weighted by Crippen LogP contribution is -2.60. The van der Waals surface area contributed by atoms with Crippen LogP contribution in [0.5, 0.6) is 0 Å². The lowest BCUT2D eigenvalue weighted by molar-refractivity contribution is -0.303. The van der Waals surface area contributed by atoms with Gasteiger partial charge in [0.1, 0.15) is 36.6 Å². The lowest BCUT2D eigenvalue weighted by Gasteiger charge is -2.40. The van der Waals surface area contributed by atoms with E-state index in [9.17, 15) is 40.5 Å². The number of allylic oxidation sites excluding steroid dienone is 6. The van der Waals surface area contributed by atoms with Gasteiger partial charge in [0.2, 0.25) is 5.91 Å². The van der Waals surface area contributed by atoms with Gasteiger partial charge in [-0.3, -0.25) is 4.79 Å². The first-order chi connectivity index (χ1) is 36.2. The number of carbonyl (C=O) groups excluding carboxylic acids is 1. The molecule has 436 valence electrons. The predicted octanol–water partition coefficient (Wildman–Crippen LogP) is 13.9. The average Bonchev–Trinajstić information content (AvgIpc) is 3.40. The third-order valence-corrected chi connectivity index (χ3v) is 15.1. The van der Waals surface area contributed by atoms with E-state index in [1.54, 1.807) is 0 Å². The molecular formula is C63H119NO10. The molecule has 0 bridgehead atoms. The second-order valence-electron chi connectivity index (χ2n) is 22.1. The van der Waals surface area contributed by atoms with Gasteiger partial charge < -0.3 is 50.5 Å². The highest BCUT2D eigenvalue weighted by Gasteiger charge is 2.44. The van der Waals surface area contributed by atoms with E-state index in [1.807, 2.05) is 0 Å². The summed E-state index contributed by atoms with van der Waals surface area (Å²) in [5, 5.41) is 76.2. The van der Waals surface area contributed by atoms with Crippen LogP contribution < -0.4 is 5.32 Å². The van der Waals surface area contributed by atoms with Crippen LogP contribution in [0.3, 0.4) is 0 Å². The van der Waals surface area contributed by atoms with E-state index in [1.165, 1.54) is 186 Å². The molecule has 8 N–H and O–H groups in total. The standard InChI is InChI=1S/C63H119NO10/c1-3-5-7-9-11-13-15-17-19-21-23-24-25-26-27-28-29-30-31-32-33-35-36-38-40-42-44-46-48-50-55(66)58(68)54(53-73-63-61(71)60(70)59(69)57(52-65)74-63)64-62(72)56(67)51-49-47-45-43-41-39-37-34-22-20-18-16-14-12-10-8-6-4-2/h22,34-36,42,44,54-61,63,65-71H,3-21,23-33,37-41,43,45-53H2,1-2H3,(H,64,72)/b34-22-,36-35+,44-42+. The smallest absolute Gasteiger partial charge is 0.249 e. The minimum Gasteiger partial charge on any atom is -0.394 e. The number of ether oxygens (including phenoxy) is 2. The zero-order valence-electron chi connectivity index (χ0n) is 47.8. The highest BCUT2D eigenvalue weighted by Crippen LogP contribution is 2.23. The Labute approximate surface area is 454 Å². The maximum absolute atomic E-state index is 13.2. The molecule has 1 aliphatic rings. The second kappa shape index (κ2) is 52.1. The SMILES string of the molecule is CCCCCCCCCC/C=C\CCCCCCCCC(O)C(=O)NC(COC1OC(CO)C(O)C(O)C1O)C(O)C(O)CCC/C=C/CC/C=C/CCCCCCCCCCCCCCCCCCCCCC. The third kappa shape index (κ3) is 39.7. The minimum absolute atomic E-state index is 0.244. The number of rotatable bonds is 54. The fourth-order valence-corrected chi connectivity index (χ4v) is 10.0. The number of unbranched alkanes of at least 4 members (excludes halogenated alkanes) is 36. The molecule has 1 heterocycles. The van der Waals surface area contributed by atoms with Crippen LogP contribution >= 0.6 is 0 Å². The Morgan fingerprint density at radius 2 is 0.811 bits per heavy atom. The molecule has 1 amide bonds. The van der Waals surface area contributed by atoms with Gasteiger partial charge in [-0.05, 0) is 77.0 Å². The van der Waals surface area contributed by atoms with Crippen molar-refractivity contribution >= 4 is 5.91 Å². The Morgan fingerprint density at radius 1 is 0.459 bits per heavy atom. The highest BCUT2D eigenvalue weighted by molar-refractivity contribution is 5.80. The van der Waals surface area contributed by atoms with Gasteiger partial charge in [0, 0.05) is 0 Å². The van der Waals surface area contributed by atoms with Crippen molar-refractivity contribution in [3.8, 4) is 0 Å². The molecule has 11 nitrogen and oxygen atoms in total. The summed E-state index contributed by atoms with van der Waals surface area (Å²) < 4.78 is 11.1. The molecule has 9 atom stereocenters. The van der Waals surface area contributed by atoms with Crippen LogP contribution in [0, 0.1) is 0 Å². The van der Waals surface area contributed by atoms with Crippen LogP contribution in [-0.4, -0.2) is 110 Å². The molecule has 0 radical (unpaired) electrons. The number of amides is 1. The summed E-state index contributed by atoms with van der Waals surface area (Å²) >= 11 is 0. The first-order valence-electron chi connectivity index (χ1n) is 31.4. The summed E-state index contributed by atoms with van der Waals surface area (Å²) in [5.41, 5.74) is 0. The third-order valence-electron chi connectivity index (χ3n) is 15.1. The van der Waals surface area contributed by atoms with Gasteiger partial charge in [0.25, 0.3) is 0 Å². The summed E-state index contributed by atoms with van der Waals surface area (Å²) in [4.78, 5) is 13.2. The molecule has 1 fully saturated rings. The van der Waals surface area contributed by atoms with Crippen LogP contribution in [0.25, 0.3) is 0 Å². The van der Waals surface area contributed by atoms with Crippen molar-refractivity contribution in [1.82, 2.24) is 5.32 Å². The number of aliphatic hydroxyl groups excluding tert-OH is 7. The van der Waals surface area contributed by atoms with E-state index in [0.29, 0.717) is 19.3 Å². The van der Waals surface area contributed by atoms with Crippen molar-refractivity contribution in [2.75, 3.05) is 13.2 Å². The van der Waals surface area contributed by atoms with Crippen molar-refractivity contribution in [2.45, 2.75) is 345 Å². The second-order valence-corrected chi connectivity index (χ2v) is 22.1. The van der Waals surface area contributed by atoms with E-state index in [4.69, 9.17) is 9.47 Å². The Balaban J connectivity index is 2.28. The first kappa shape index (κ1) is 70.3. The van der Waals surface area contributed by atoms with Gasteiger partial charge in [-0.1, -0.05) is 249 Å². The van der Waals surface area contributed by atoms with E-state index in [0.717, 1.165) is 57.8 Å². The molecule has 1 aliphatic heterocycles. The Kier molecular flexibility index (Phi) is 49.5. The zero-order chi connectivity index (χ0) is 54.0. The fourth-order valence-electron chi connectivity index (χ4n) is 10.0. The number of nitrogens with one attached hydrogen (secondary N) is 1. The normalized spacial score (nSPS) is 20.0. The van der Waals surface area contributed by atoms with Crippen molar-refractivity contribution in [3.05, 3.63) is 36.5 Å². The van der Waals surface area contributed by atoms with Crippen LogP contribution in [-0.2, 0) is 14.3 Å². The summed E-state index contributed by atoms with van der Waals surface area (Å²) in [6.45, 7) is 3.46. The summed E-state index contributed by atoms with van der Waals surface area (Å²) in [6, 6.07) is -1.19. The summed E-state index contributed by atoms with van der Waals surface area (Å²) in [5.74, 6) is -0.713. The Morgan fingerprint density at radius 3 is 1.20 bits per heavy atom. The van der Waals surface area contributed by atoms with E-state index < -0.39 is 74.2 Å². The van der Waals surface area contributed by atoms with E-state index >= 15 is 0 Å². The zero-order valence-corrected chi connectivity index (χ0v) is 47.8. The van der Waals surface area contributed by atoms with Crippen LogP contribution in [0.15, 0.2) is 36.5 Å². The molecule has 1 saturated heterocycles. The minimum atomic E-state index is -1.67. The Hall–Kier alpha value is -1.67. The van der Waals surface area contributed by atoms with Crippen molar-refractivity contribution in [1.29, 1.82) is 0 Å². The van der Waals surface area contributed by atoms with Crippen LogP contribution in [0.1, 0.15) is 290 Å². The van der Waals surface area contributed by atoms with Crippen LogP contribution in [0.2, 0.25) is 0 Å². The lowest BCUT2D eigenvalue weighted by atomic mass is 9.98. The number of carbonyl (C=O) groups is 1. The van der Waals surface area contributed by atoms with Gasteiger partial charge in [0.15, 0.2) is 6.29 Å². The molecular weight excluding hydrogens is 931 g/mol. The topological polar surface area (TPSA) is 189 Å². The largest absolute Gasteiger partial charge is 0.394 e. The highest BCUT2D eigenvalue weighted by atomic mass is 16.7. The van der Waals surface area contributed by atoms with Gasteiger partial charge >= 0.3 is 0 Å².